The van der Waals surface area contributed by atoms with Crippen molar-refractivity contribution in [1.29, 1.82) is 0 Å². The first kappa shape index (κ1) is 18.8. The van der Waals surface area contributed by atoms with Crippen molar-refractivity contribution in [3.8, 4) is 5.75 Å². The summed E-state index contributed by atoms with van der Waals surface area (Å²) < 4.78 is 5.29. The number of methoxy groups -OCH3 is 1. The number of rotatable bonds is 8. The molecule has 1 aromatic carbocycles. The van der Waals surface area contributed by atoms with Crippen LogP contribution in [0, 0.1) is 0 Å². The highest BCUT2D eigenvalue weighted by Gasteiger charge is 2.37. The quantitative estimate of drug-likeness (QED) is 0.674. The van der Waals surface area contributed by atoms with Gasteiger partial charge in [-0.1, -0.05) is 18.2 Å². The number of benzene rings is 1. The maximum absolute atomic E-state index is 12.5. The Kier molecular flexibility index (Phi) is 6.02. The van der Waals surface area contributed by atoms with Gasteiger partial charge in [-0.3, -0.25) is 14.5 Å². The third-order valence-corrected chi connectivity index (χ3v) is 4.93. The van der Waals surface area contributed by atoms with Gasteiger partial charge in [-0.15, -0.1) is 11.3 Å². The van der Waals surface area contributed by atoms with Crippen molar-refractivity contribution in [2.24, 2.45) is 0 Å². The Bertz CT molecular complexity index is 825. The lowest BCUT2D eigenvalue weighted by Crippen LogP contribution is -2.33. The normalized spacial score (nSPS) is 16.3. The lowest BCUT2D eigenvalue weighted by atomic mass is 10.1. The molecule has 142 valence electrons. The predicted octanol–water partition coefficient (Wildman–Crippen LogP) is 2.03. The monoisotopic (exact) mass is 388 g/mol. The Morgan fingerprint density at radius 2 is 2.19 bits per heavy atom. The van der Waals surface area contributed by atoms with E-state index >= 15 is 0 Å². The molecule has 1 aromatic heterocycles. The Balaban J connectivity index is 1.51. The van der Waals surface area contributed by atoms with Crippen molar-refractivity contribution in [1.82, 2.24) is 15.2 Å². The number of urea groups is 1. The van der Waals surface area contributed by atoms with Gasteiger partial charge in [0.25, 0.3) is 5.91 Å². The molecule has 0 aliphatic carbocycles. The molecule has 0 spiro atoms. The van der Waals surface area contributed by atoms with Crippen LogP contribution in [-0.2, 0) is 16.0 Å². The highest BCUT2D eigenvalue weighted by Crippen LogP contribution is 2.20. The average Bonchev–Trinajstić information content (AvgIpc) is 3.27. The fourth-order valence-electron chi connectivity index (χ4n) is 2.87. The van der Waals surface area contributed by atoms with E-state index < -0.39 is 12.1 Å². The van der Waals surface area contributed by atoms with Crippen molar-refractivity contribution in [2.45, 2.75) is 25.3 Å². The van der Waals surface area contributed by atoms with Crippen molar-refractivity contribution >= 4 is 34.3 Å². The molecule has 8 nitrogen and oxygen atoms in total. The van der Waals surface area contributed by atoms with Gasteiger partial charge in [0.05, 0.1) is 7.11 Å². The van der Waals surface area contributed by atoms with Gasteiger partial charge >= 0.3 is 6.03 Å². The van der Waals surface area contributed by atoms with Crippen LogP contribution in [0.15, 0.2) is 35.8 Å². The number of hydrogen-bond donors (Lipinski definition) is 2. The van der Waals surface area contributed by atoms with E-state index in [1.165, 1.54) is 16.2 Å². The standard InChI is InChI=1S/C18H20N4O4S/c1-26-14-5-3-2-4-12(14)8-10-22-16(24)13(20-18(22)25)6-7-15(23)21-17-19-9-11-27-17/h2-5,9,11,13H,6-8,10H2,1H3,(H,20,25)(H,19,21,23)/t13-/m0/s1. The van der Waals surface area contributed by atoms with Gasteiger partial charge in [0.15, 0.2) is 5.13 Å². The summed E-state index contributed by atoms with van der Waals surface area (Å²) in [5.41, 5.74) is 0.923. The molecule has 2 aromatic rings. The summed E-state index contributed by atoms with van der Waals surface area (Å²) in [5, 5.41) is 7.58. The van der Waals surface area contributed by atoms with Crippen LogP contribution in [0.1, 0.15) is 18.4 Å². The summed E-state index contributed by atoms with van der Waals surface area (Å²) in [6.07, 6.45) is 2.46. The molecule has 1 atom stereocenters. The second kappa shape index (κ2) is 8.63. The third kappa shape index (κ3) is 4.62. The molecule has 2 heterocycles. The molecule has 27 heavy (non-hydrogen) atoms. The first-order valence-corrected chi connectivity index (χ1v) is 9.39. The molecule has 1 fully saturated rings. The van der Waals surface area contributed by atoms with Gasteiger partial charge in [0.1, 0.15) is 11.8 Å². The van der Waals surface area contributed by atoms with Crippen LogP contribution in [-0.4, -0.2) is 47.4 Å². The molecule has 3 rings (SSSR count). The van der Waals surface area contributed by atoms with E-state index in [-0.39, 0.29) is 31.2 Å². The average molecular weight is 388 g/mol. The molecular weight excluding hydrogens is 368 g/mol. The third-order valence-electron chi connectivity index (χ3n) is 4.24. The maximum atomic E-state index is 12.5. The topological polar surface area (TPSA) is 101 Å². The molecule has 0 unspecified atom stereocenters. The van der Waals surface area contributed by atoms with Crippen LogP contribution in [0.4, 0.5) is 9.93 Å². The van der Waals surface area contributed by atoms with Crippen LogP contribution in [0.2, 0.25) is 0 Å². The largest absolute Gasteiger partial charge is 0.496 e. The molecular formula is C18H20N4O4S. The van der Waals surface area contributed by atoms with E-state index in [9.17, 15) is 14.4 Å². The Labute approximate surface area is 160 Å². The molecule has 0 radical (unpaired) electrons. The van der Waals surface area contributed by atoms with Crippen molar-refractivity contribution in [3.05, 3.63) is 41.4 Å². The molecule has 0 saturated carbocycles. The van der Waals surface area contributed by atoms with Crippen LogP contribution >= 0.6 is 11.3 Å². The van der Waals surface area contributed by atoms with Gasteiger partial charge in [0.2, 0.25) is 5.91 Å². The van der Waals surface area contributed by atoms with Gasteiger partial charge in [-0.25, -0.2) is 9.78 Å². The summed E-state index contributed by atoms with van der Waals surface area (Å²) in [5.74, 6) is 0.177. The number of carbonyl (C=O) groups excluding carboxylic acids is 3. The number of anilines is 1. The number of nitrogens with zero attached hydrogens (tertiary/aromatic N) is 2. The second-order valence-electron chi connectivity index (χ2n) is 5.98. The molecule has 1 aliphatic heterocycles. The number of hydrogen-bond acceptors (Lipinski definition) is 6. The summed E-state index contributed by atoms with van der Waals surface area (Å²) >= 11 is 1.32. The smallest absolute Gasteiger partial charge is 0.324 e. The Morgan fingerprint density at radius 1 is 1.37 bits per heavy atom. The van der Waals surface area contributed by atoms with E-state index in [4.69, 9.17) is 4.74 Å². The van der Waals surface area contributed by atoms with Crippen LogP contribution in [0.5, 0.6) is 5.75 Å². The van der Waals surface area contributed by atoms with E-state index in [0.29, 0.717) is 11.6 Å². The number of ether oxygens (including phenoxy) is 1. The number of amides is 4. The number of thiazole rings is 1. The number of aromatic nitrogens is 1. The number of para-hydroxylation sites is 1. The van der Waals surface area contributed by atoms with E-state index in [0.717, 1.165) is 11.3 Å². The van der Waals surface area contributed by atoms with Crippen molar-refractivity contribution in [3.63, 3.8) is 0 Å². The summed E-state index contributed by atoms with van der Waals surface area (Å²) in [6, 6.07) is 6.37. The van der Waals surface area contributed by atoms with Crippen molar-refractivity contribution < 1.29 is 19.1 Å². The maximum Gasteiger partial charge on any atom is 0.324 e. The zero-order chi connectivity index (χ0) is 19.2. The summed E-state index contributed by atoms with van der Waals surface area (Å²) in [4.78, 5) is 41.7. The van der Waals surface area contributed by atoms with Crippen LogP contribution in [0.25, 0.3) is 0 Å². The molecule has 1 aliphatic rings. The van der Waals surface area contributed by atoms with Gasteiger partial charge in [-0.05, 0) is 24.5 Å². The fraction of sp³-hybridized carbons (Fsp3) is 0.333. The number of carbonyl (C=O) groups is 3. The molecule has 9 heteroatoms. The number of imide groups is 1. The fourth-order valence-corrected chi connectivity index (χ4v) is 3.41. The highest BCUT2D eigenvalue weighted by atomic mass is 32.1. The minimum absolute atomic E-state index is 0.122. The lowest BCUT2D eigenvalue weighted by Gasteiger charge is -2.14. The first-order chi connectivity index (χ1) is 13.1. The SMILES string of the molecule is COc1ccccc1CCN1C(=O)N[C@@H](CCC(=O)Nc2nccs2)C1=O. The van der Waals surface area contributed by atoms with E-state index in [1.54, 1.807) is 18.7 Å². The van der Waals surface area contributed by atoms with Crippen molar-refractivity contribution in [2.75, 3.05) is 19.0 Å². The van der Waals surface area contributed by atoms with Crippen LogP contribution in [0.3, 0.4) is 0 Å². The Morgan fingerprint density at radius 3 is 2.93 bits per heavy atom. The van der Waals surface area contributed by atoms with Crippen LogP contribution < -0.4 is 15.4 Å². The minimum Gasteiger partial charge on any atom is -0.496 e. The predicted molar refractivity (Wildman–Crippen MR) is 101 cm³/mol. The minimum atomic E-state index is -0.683. The molecule has 1 saturated heterocycles. The second-order valence-corrected chi connectivity index (χ2v) is 6.87. The molecule has 4 amide bonds. The van der Waals surface area contributed by atoms with E-state index in [2.05, 4.69) is 15.6 Å². The molecule has 0 bridgehead atoms. The highest BCUT2D eigenvalue weighted by molar-refractivity contribution is 7.13. The van der Waals surface area contributed by atoms with Gasteiger partial charge in [0, 0.05) is 24.5 Å². The molecule has 2 N–H and O–H groups in total. The Hall–Kier alpha value is -2.94. The lowest BCUT2D eigenvalue weighted by molar-refractivity contribution is -0.127. The summed E-state index contributed by atoms with van der Waals surface area (Å²) in [7, 11) is 1.58. The zero-order valence-electron chi connectivity index (χ0n) is 14.8. The van der Waals surface area contributed by atoms with E-state index in [1.807, 2.05) is 24.3 Å². The first-order valence-electron chi connectivity index (χ1n) is 8.51. The van der Waals surface area contributed by atoms with Gasteiger partial charge in [-0.2, -0.15) is 0 Å². The summed E-state index contributed by atoms with van der Waals surface area (Å²) in [6.45, 7) is 0.257. The van der Waals surface area contributed by atoms with Gasteiger partial charge < -0.3 is 15.4 Å². The number of nitrogens with one attached hydrogen (secondary N) is 2. The zero-order valence-corrected chi connectivity index (χ0v) is 15.6.